The van der Waals surface area contributed by atoms with Crippen LogP contribution in [0.3, 0.4) is 0 Å². The summed E-state index contributed by atoms with van der Waals surface area (Å²) in [5.41, 5.74) is 9.20. The normalized spacial score (nSPS) is 18.8. The molecule has 0 radical (unpaired) electrons. The number of aromatic nitrogens is 3. The average Bonchev–Trinajstić information content (AvgIpc) is 3.36. The SMILES string of the molecule is C=CC(=O)N1CC[C@@H](C2CCN=C(c3ccc(Oc4ccnc5ccccc45)cc3F)c3c(N)ncnc32)C1. The number of likely N-dealkylation sites (tertiary alicyclic amines) is 1. The van der Waals surface area contributed by atoms with Crippen LogP contribution >= 0.6 is 0 Å². The quantitative estimate of drug-likeness (QED) is 0.374. The Labute approximate surface area is 225 Å². The van der Waals surface area contributed by atoms with Gasteiger partial charge in [-0.05, 0) is 55.2 Å². The molecule has 2 aliphatic rings. The van der Waals surface area contributed by atoms with Gasteiger partial charge in [0.1, 0.15) is 29.5 Å². The fourth-order valence-electron chi connectivity index (χ4n) is 5.63. The van der Waals surface area contributed by atoms with Crippen LogP contribution in [-0.4, -0.2) is 51.1 Å². The Morgan fingerprint density at radius 2 is 2.00 bits per heavy atom. The first kappa shape index (κ1) is 24.7. The van der Waals surface area contributed by atoms with Crippen LogP contribution in [0.25, 0.3) is 10.9 Å². The number of nitrogens with zero attached hydrogens (tertiary/aromatic N) is 5. The van der Waals surface area contributed by atoms with E-state index >= 15 is 4.39 Å². The summed E-state index contributed by atoms with van der Waals surface area (Å²) in [5.74, 6) is 0.842. The van der Waals surface area contributed by atoms with Crippen molar-refractivity contribution >= 4 is 28.3 Å². The van der Waals surface area contributed by atoms with E-state index in [1.807, 2.05) is 24.3 Å². The predicted octanol–water partition coefficient (Wildman–Crippen LogP) is 4.90. The van der Waals surface area contributed by atoms with E-state index in [4.69, 9.17) is 15.5 Å². The number of hydrogen-bond donors (Lipinski definition) is 1. The summed E-state index contributed by atoms with van der Waals surface area (Å²) in [5, 5.41) is 0.836. The number of pyridine rings is 1. The Bertz CT molecular complexity index is 1620. The number of carbonyl (C=O) groups is 1. The molecule has 1 amide bonds. The molecule has 0 saturated carbocycles. The molecule has 2 aliphatic heterocycles. The molecule has 2 aromatic carbocycles. The molecule has 0 spiro atoms. The average molecular weight is 523 g/mol. The maximum absolute atomic E-state index is 15.7. The molecule has 4 heterocycles. The van der Waals surface area contributed by atoms with E-state index in [2.05, 4.69) is 21.5 Å². The third kappa shape index (κ3) is 4.60. The number of amides is 1. The van der Waals surface area contributed by atoms with Gasteiger partial charge in [0.15, 0.2) is 0 Å². The van der Waals surface area contributed by atoms with Crippen molar-refractivity contribution in [3.05, 3.63) is 96.3 Å². The number of aliphatic imine (C=N–C) groups is 1. The topological polar surface area (TPSA) is 107 Å². The number of para-hydroxylation sites is 1. The lowest BCUT2D eigenvalue weighted by Gasteiger charge is -2.24. The van der Waals surface area contributed by atoms with Crippen LogP contribution in [0.15, 0.2) is 78.7 Å². The molecule has 1 saturated heterocycles. The van der Waals surface area contributed by atoms with Gasteiger partial charge in [0.25, 0.3) is 0 Å². The molecule has 1 fully saturated rings. The Morgan fingerprint density at radius 3 is 2.85 bits per heavy atom. The van der Waals surface area contributed by atoms with Gasteiger partial charge in [-0.3, -0.25) is 14.8 Å². The second-order valence-electron chi connectivity index (χ2n) is 9.75. The number of fused-ring (bicyclic) bond motifs is 2. The van der Waals surface area contributed by atoms with Crippen LogP contribution in [-0.2, 0) is 4.79 Å². The first-order valence-corrected chi connectivity index (χ1v) is 12.9. The zero-order valence-electron chi connectivity index (χ0n) is 21.3. The Balaban J connectivity index is 1.32. The van der Waals surface area contributed by atoms with Crippen molar-refractivity contribution in [2.45, 2.75) is 18.8 Å². The highest BCUT2D eigenvalue weighted by Crippen LogP contribution is 2.39. The fourth-order valence-corrected chi connectivity index (χ4v) is 5.63. The Hall–Kier alpha value is -4.66. The molecule has 2 aromatic heterocycles. The van der Waals surface area contributed by atoms with Crippen molar-refractivity contribution in [2.75, 3.05) is 25.4 Å². The zero-order valence-corrected chi connectivity index (χ0v) is 21.3. The van der Waals surface area contributed by atoms with Crippen molar-refractivity contribution in [1.29, 1.82) is 0 Å². The van der Waals surface area contributed by atoms with Gasteiger partial charge < -0.3 is 15.4 Å². The van der Waals surface area contributed by atoms with Crippen LogP contribution in [0.1, 0.15) is 35.6 Å². The highest BCUT2D eigenvalue weighted by Gasteiger charge is 2.36. The molecule has 8 nitrogen and oxygen atoms in total. The molecule has 39 heavy (non-hydrogen) atoms. The lowest BCUT2D eigenvalue weighted by atomic mass is 9.83. The maximum atomic E-state index is 15.7. The monoisotopic (exact) mass is 522 g/mol. The number of rotatable bonds is 5. The van der Waals surface area contributed by atoms with Crippen LogP contribution in [0.4, 0.5) is 10.2 Å². The summed E-state index contributed by atoms with van der Waals surface area (Å²) in [7, 11) is 0. The van der Waals surface area contributed by atoms with Gasteiger partial charge in [-0.15, -0.1) is 0 Å². The minimum atomic E-state index is -0.485. The lowest BCUT2D eigenvalue weighted by Crippen LogP contribution is -2.28. The Kier molecular flexibility index (Phi) is 6.48. The van der Waals surface area contributed by atoms with E-state index in [0.717, 1.165) is 23.0 Å². The van der Waals surface area contributed by atoms with Crippen LogP contribution < -0.4 is 10.5 Å². The summed E-state index contributed by atoms with van der Waals surface area (Å²) in [6.45, 7) is 5.36. The van der Waals surface area contributed by atoms with E-state index < -0.39 is 5.82 Å². The van der Waals surface area contributed by atoms with E-state index in [1.165, 1.54) is 18.5 Å². The standard InChI is InChI=1S/C30H27FN6O2/c1-2-26(38)37-14-11-18(16-37)20-9-12-34-29(27-28(20)35-17-36-30(27)32)21-8-7-19(15-23(21)31)39-25-10-13-33-24-6-4-3-5-22(24)25/h2-8,10,13,15,17-18,20H,1,9,11-12,14,16H2,(H2,32,35,36)/t18-,20?/m1/s1. The van der Waals surface area contributed by atoms with Crippen molar-refractivity contribution in [3.8, 4) is 11.5 Å². The third-order valence-electron chi connectivity index (χ3n) is 7.52. The number of nitrogen functional groups attached to an aromatic ring is 1. The molecule has 196 valence electrons. The molecule has 0 aliphatic carbocycles. The van der Waals surface area contributed by atoms with Crippen LogP contribution in [0, 0.1) is 11.7 Å². The predicted molar refractivity (Wildman–Crippen MR) is 147 cm³/mol. The van der Waals surface area contributed by atoms with Crippen molar-refractivity contribution < 1.29 is 13.9 Å². The van der Waals surface area contributed by atoms with Gasteiger partial charge in [0, 0.05) is 48.8 Å². The smallest absolute Gasteiger partial charge is 0.245 e. The molecule has 2 atom stereocenters. The summed E-state index contributed by atoms with van der Waals surface area (Å²) < 4.78 is 21.7. The first-order chi connectivity index (χ1) is 19.0. The molecule has 1 unspecified atom stereocenters. The highest BCUT2D eigenvalue weighted by molar-refractivity contribution is 6.16. The minimum Gasteiger partial charge on any atom is -0.456 e. The number of ether oxygens (including phenoxy) is 1. The first-order valence-electron chi connectivity index (χ1n) is 12.9. The molecular formula is C30H27FN6O2. The van der Waals surface area contributed by atoms with Crippen LogP contribution in [0.2, 0.25) is 0 Å². The second kappa shape index (κ2) is 10.2. The van der Waals surface area contributed by atoms with Crippen LogP contribution in [0.5, 0.6) is 11.5 Å². The maximum Gasteiger partial charge on any atom is 0.245 e. The van der Waals surface area contributed by atoms with E-state index in [0.29, 0.717) is 54.4 Å². The number of benzene rings is 2. The number of carbonyl (C=O) groups excluding carboxylic acids is 1. The van der Waals surface area contributed by atoms with Gasteiger partial charge in [-0.2, -0.15) is 0 Å². The van der Waals surface area contributed by atoms with E-state index in [-0.39, 0.29) is 23.6 Å². The number of hydrogen-bond acceptors (Lipinski definition) is 7. The van der Waals surface area contributed by atoms with Crippen molar-refractivity contribution in [2.24, 2.45) is 10.9 Å². The van der Waals surface area contributed by atoms with E-state index in [1.54, 1.807) is 29.3 Å². The lowest BCUT2D eigenvalue weighted by molar-refractivity contribution is -0.125. The Morgan fingerprint density at radius 1 is 1.13 bits per heavy atom. The van der Waals surface area contributed by atoms with E-state index in [9.17, 15) is 4.79 Å². The van der Waals surface area contributed by atoms with Gasteiger partial charge in [0.05, 0.1) is 22.5 Å². The van der Waals surface area contributed by atoms with Gasteiger partial charge in [-0.25, -0.2) is 14.4 Å². The summed E-state index contributed by atoms with van der Waals surface area (Å²) in [6.07, 6.45) is 6.00. The van der Waals surface area contributed by atoms with Gasteiger partial charge in [-0.1, -0.05) is 18.7 Å². The van der Waals surface area contributed by atoms with Crippen molar-refractivity contribution in [3.63, 3.8) is 0 Å². The second-order valence-corrected chi connectivity index (χ2v) is 9.75. The molecule has 6 rings (SSSR count). The molecular weight excluding hydrogens is 495 g/mol. The highest BCUT2D eigenvalue weighted by atomic mass is 19.1. The fraction of sp³-hybridized carbons (Fsp3) is 0.233. The van der Waals surface area contributed by atoms with Gasteiger partial charge in [0.2, 0.25) is 5.91 Å². The van der Waals surface area contributed by atoms with Crippen molar-refractivity contribution in [1.82, 2.24) is 19.9 Å². The summed E-state index contributed by atoms with van der Waals surface area (Å²) in [4.78, 5) is 31.9. The molecule has 9 heteroatoms. The zero-order chi connectivity index (χ0) is 26.9. The number of anilines is 1. The summed E-state index contributed by atoms with van der Waals surface area (Å²) in [6, 6.07) is 14.1. The molecule has 2 N–H and O–H groups in total. The minimum absolute atomic E-state index is 0.0137. The molecule has 4 aromatic rings. The summed E-state index contributed by atoms with van der Waals surface area (Å²) >= 11 is 0. The third-order valence-corrected chi connectivity index (χ3v) is 7.52. The largest absolute Gasteiger partial charge is 0.456 e. The molecule has 0 bridgehead atoms. The van der Waals surface area contributed by atoms with Gasteiger partial charge >= 0.3 is 0 Å². The number of nitrogens with two attached hydrogens (primary N) is 1. The number of halogens is 1.